The van der Waals surface area contributed by atoms with E-state index in [-0.39, 0.29) is 39.9 Å². The summed E-state index contributed by atoms with van der Waals surface area (Å²) in [4.78, 5) is 29.5. The van der Waals surface area contributed by atoms with Crippen LogP contribution >= 0.6 is 0 Å². The highest BCUT2D eigenvalue weighted by atomic mass is 19.1. The molecule has 0 bridgehead atoms. The van der Waals surface area contributed by atoms with Crippen LogP contribution in [0.25, 0.3) is 21.9 Å². The Morgan fingerprint density at radius 3 is 2.79 bits per heavy atom. The number of hydrogen-bond donors (Lipinski definition) is 2. The van der Waals surface area contributed by atoms with Gasteiger partial charge in [0.05, 0.1) is 46.6 Å². The van der Waals surface area contributed by atoms with E-state index in [1.54, 1.807) is 12.5 Å². The minimum Gasteiger partial charge on any atom is -0.492 e. The highest BCUT2D eigenvalue weighted by molar-refractivity contribution is 6.04. The molecule has 2 aromatic carbocycles. The number of pyridine rings is 1. The van der Waals surface area contributed by atoms with E-state index in [9.17, 15) is 9.59 Å². The van der Waals surface area contributed by atoms with Crippen molar-refractivity contribution < 1.29 is 13.9 Å². The van der Waals surface area contributed by atoms with Crippen molar-refractivity contribution in [2.45, 2.75) is 38.8 Å². The lowest BCUT2D eigenvalue weighted by atomic mass is 10.0. The van der Waals surface area contributed by atoms with Gasteiger partial charge >= 0.3 is 0 Å². The van der Waals surface area contributed by atoms with E-state index in [0.717, 1.165) is 23.9 Å². The number of ketones is 1. The fourth-order valence-electron chi connectivity index (χ4n) is 4.48. The first-order chi connectivity index (χ1) is 16.4. The van der Waals surface area contributed by atoms with Crippen LogP contribution in [-0.2, 0) is 6.54 Å². The predicted octanol–water partition coefficient (Wildman–Crippen LogP) is 4.12. The quantitative estimate of drug-likeness (QED) is 0.231. The number of nitrogens with two attached hydrogens (primary N) is 1. The normalized spacial score (nSPS) is 13.5. The SMILES string of the molecule is COc1c(NCCCn2cnc3ccccc32)c(F)c(N)c2c(=O)c(C(C)=O)cn(C3CC3)c12. The summed E-state index contributed by atoms with van der Waals surface area (Å²) >= 11 is 0. The fraction of sp³-hybridized carbons (Fsp3) is 0.320. The van der Waals surface area contributed by atoms with Gasteiger partial charge in [0.15, 0.2) is 17.3 Å². The Morgan fingerprint density at radius 2 is 2.09 bits per heavy atom. The molecule has 34 heavy (non-hydrogen) atoms. The third kappa shape index (κ3) is 3.57. The molecule has 176 valence electrons. The molecule has 0 atom stereocenters. The maximum absolute atomic E-state index is 15.4. The molecule has 3 N–H and O–H groups in total. The number of carbonyl (C=O) groups is 1. The summed E-state index contributed by atoms with van der Waals surface area (Å²) in [7, 11) is 1.44. The molecule has 0 radical (unpaired) electrons. The third-order valence-electron chi connectivity index (χ3n) is 6.33. The van der Waals surface area contributed by atoms with Gasteiger partial charge in [-0.1, -0.05) is 12.1 Å². The highest BCUT2D eigenvalue weighted by Crippen LogP contribution is 2.44. The number of carbonyl (C=O) groups excluding carboxylic acids is 1. The molecule has 5 rings (SSSR count). The minimum atomic E-state index is -0.752. The van der Waals surface area contributed by atoms with Gasteiger partial charge < -0.3 is 24.9 Å². The van der Waals surface area contributed by atoms with Crippen LogP contribution in [0.4, 0.5) is 15.8 Å². The summed E-state index contributed by atoms with van der Waals surface area (Å²) < 4.78 is 24.9. The zero-order chi connectivity index (χ0) is 24.0. The molecule has 8 nitrogen and oxygen atoms in total. The zero-order valence-electron chi connectivity index (χ0n) is 19.1. The summed E-state index contributed by atoms with van der Waals surface area (Å²) in [6.07, 6.45) is 5.84. The van der Waals surface area contributed by atoms with E-state index in [1.807, 2.05) is 33.4 Å². The van der Waals surface area contributed by atoms with Crippen molar-refractivity contribution in [2.24, 2.45) is 0 Å². The Morgan fingerprint density at radius 1 is 1.32 bits per heavy atom. The number of nitrogens with one attached hydrogen (secondary N) is 1. The van der Waals surface area contributed by atoms with Gasteiger partial charge in [0, 0.05) is 25.3 Å². The number of benzene rings is 2. The monoisotopic (exact) mass is 463 g/mol. The summed E-state index contributed by atoms with van der Waals surface area (Å²) in [5.41, 5.74) is 7.78. The first-order valence-corrected chi connectivity index (χ1v) is 11.3. The van der Waals surface area contributed by atoms with Crippen LogP contribution < -0.4 is 21.2 Å². The molecule has 9 heteroatoms. The van der Waals surface area contributed by atoms with E-state index in [2.05, 4.69) is 10.3 Å². The van der Waals surface area contributed by atoms with Gasteiger partial charge in [0.1, 0.15) is 5.69 Å². The number of rotatable bonds is 8. The van der Waals surface area contributed by atoms with Gasteiger partial charge in [-0.2, -0.15) is 0 Å². The number of aromatic nitrogens is 3. The van der Waals surface area contributed by atoms with E-state index in [1.165, 1.54) is 14.0 Å². The van der Waals surface area contributed by atoms with Gasteiger partial charge in [-0.25, -0.2) is 9.37 Å². The Bertz CT molecular complexity index is 1490. The largest absolute Gasteiger partial charge is 0.492 e. The highest BCUT2D eigenvalue weighted by Gasteiger charge is 2.31. The van der Waals surface area contributed by atoms with Gasteiger partial charge in [-0.05, 0) is 38.3 Å². The lowest BCUT2D eigenvalue weighted by Crippen LogP contribution is -2.21. The predicted molar refractivity (Wildman–Crippen MR) is 130 cm³/mol. The van der Waals surface area contributed by atoms with Crippen LogP contribution in [0, 0.1) is 5.82 Å². The topological polar surface area (TPSA) is 104 Å². The summed E-state index contributed by atoms with van der Waals surface area (Å²) in [5, 5.41) is 3.11. The van der Waals surface area contributed by atoms with Crippen molar-refractivity contribution in [3.63, 3.8) is 0 Å². The number of imidazole rings is 1. The maximum Gasteiger partial charge on any atom is 0.202 e. The first-order valence-electron chi connectivity index (χ1n) is 11.3. The molecule has 1 saturated carbocycles. The van der Waals surface area contributed by atoms with Crippen molar-refractivity contribution >= 4 is 39.1 Å². The lowest BCUT2D eigenvalue weighted by molar-refractivity contribution is 0.101. The number of nitrogen functional groups attached to an aromatic ring is 1. The van der Waals surface area contributed by atoms with Crippen molar-refractivity contribution in [3.05, 3.63) is 58.4 Å². The Hall–Kier alpha value is -3.88. The second-order valence-electron chi connectivity index (χ2n) is 8.63. The molecule has 4 aromatic rings. The Kier molecular flexibility index (Phi) is 5.47. The van der Waals surface area contributed by atoms with Gasteiger partial charge in [0.25, 0.3) is 0 Å². The number of Topliss-reactive ketones (excluding diaryl/α,β-unsaturated/α-hetero) is 1. The number of nitrogens with zero attached hydrogens (tertiary/aromatic N) is 3. The molecule has 0 saturated heterocycles. The zero-order valence-corrected chi connectivity index (χ0v) is 19.1. The molecule has 2 heterocycles. The van der Waals surface area contributed by atoms with Gasteiger partial charge in [-0.3, -0.25) is 9.59 Å². The third-order valence-corrected chi connectivity index (χ3v) is 6.33. The molecule has 0 unspecified atom stereocenters. The van der Waals surface area contributed by atoms with Crippen LogP contribution in [0.5, 0.6) is 5.75 Å². The standard InChI is InChI=1S/C25H26FN5O3/c1-14(32)16-12-31(15-8-9-15)23-19(24(16)33)21(27)20(26)22(25(23)34-2)28-10-5-11-30-13-29-17-6-3-4-7-18(17)30/h3-4,6-7,12-13,15,28H,5,8-11,27H2,1-2H3. The van der Waals surface area contributed by atoms with Gasteiger partial charge in [0.2, 0.25) is 5.43 Å². The number of anilines is 2. The molecule has 0 aliphatic heterocycles. The first kappa shape index (κ1) is 21.9. The van der Waals surface area contributed by atoms with E-state index in [0.29, 0.717) is 25.0 Å². The number of hydrogen-bond acceptors (Lipinski definition) is 6. The molecular formula is C25H26FN5O3. The number of para-hydroxylation sites is 2. The molecule has 1 aliphatic carbocycles. The molecule has 0 spiro atoms. The Balaban J connectivity index is 1.50. The maximum atomic E-state index is 15.4. The summed E-state index contributed by atoms with van der Waals surface area (Å²) in [6.45, 7) is 2.46. The number of aryl methyl sites for hydroxylation is 1. The molecular weight excluding hydrogens is 437 g/mol. The van der Waals surface area contributed by atoms with E-state index >= 15 is 4.39 Å². The van der Waals surface area contributed by atoms with Crippen molar-refractivity contribution in [1.82, 2.24) is 14.1 Å². The van der Waals surface area contributed by atoms with E-state index < -0.39 is 11.2 Å². The average molecular weight is 464 g/mol. The fourth-order valence-corrected chi connectivity index (χ4v) is 4.48. The molecule has 2 aromatic heterocycles. The van der Waals surface area contributed by atoms with Crippen LogP contribution in [-0.4, -0.2) is 33.6 Å². The lowest BCUT2D eigenvalue weighted by Gasteiger charge is -2.20. The van der Waals surface area contributed by atoms with Gasteiger partial charge in [-0.15, -0.1) is 0 Å². The summed E-state index contributed by atoms with van der Waals surface area (Å²) in [5.74, 6) is -0.916. The molecule has 0 amide bonds. The summed E-state index contributed by atoms with van der Waals surface area (Å²) in [6, 6.07) is 7.99. The second-order valence-corrected chi connectivity index (χ2v) is 8.63. The van der Waals surface area contributed by atoms with Crippen molar-refractivity contribution in [3.8, 4) is 5.75 Å². The van der Waals surface area contributed by atoms with E-state index in [4.69, 9.17) is 10.5 Å². The number of fused-ring (bicyclic) bond motifs is 2. The molecule has 1 fully saturated rings. The van der Waals surface area contributed by atoms with Crippen LogP contribution in [0.2, 0.25) is 0 Å². The second kappa shape index (κ2) is 8.48. The molecule has 1 aliphatic rings. The number of methoxy groups -OCH3 is 1. The number of ether oxygens (including phenoxy) is 1. The van der Waals surface area contributed by atoms with Crippen molar-refractivity contribution in [1.29, 1.82) is 0 Å². The minimum absolute atomic E-state index is 0.000760. The van der Waals surface area contributed by atoms with Crippen LogP contribution in [0.1, 0.15) is 42.6 Å². The Labute approximate surface area is 195 Å². The van der Waals surface area contributed by atoms with Crippen LogP contribution in [0.3, 0.4) is 0 Å². The van der Waals surface area contributed by atoms with Crippen LogP contribution in [0.15, 0.2) is 41.6 Å². The van der Waals surface area contributed by atoms with Crippen molar-refractivity contribution in [2.75, 3.05) is 24.7 Å². The number of halogens is 1. The smallest absolute Gasteiger partial charge is 0.202 e. The average Bonchev–Trinajstić information content (AvgIpc) is 3.59.